The maximum absolute atomic E-state index is 12.7. The lowest BCUT2D eigenvalue weighted by Crippen LogP contribution is -2.18. The Kier molecular flexibility index (Phi) is 3.91. The second-order valence-corrected chi connectivity index (χ2v) is 7.11. The van der Waals surface area contributed by atoms with Gasteiger partial charge in [-0.15, -0.1) is 5.10 Å². The molecule has 0 unspecified atom stereocenters. The van der Waals surface area contributed by atoms with Gasteiger partial charge in [0.25, 0.3) is 21.0 Å². The lowest BCUT2D eigenvalue weighted by molar-refractivity contribution is 0.0698. The Labute approximate surface area is 143 Å². The number of carbonyl (C=O) groups is 1. The van der Waals surface area contributed by atoms with Gasteiger partial charge in [-0.1, -0.05) is 6.07 Å². The van der Waals surface area contributed by atoms with Crippen LogP contribution in [0.3, 0.4) is 0 Å². The van der Waals surface area contributed by atoms with Gasteiger partial charge in [0, 0.05) is 11.9 Å². The average molecular weight is 361 g/mol. The van der Waals surface area contributed by atoms with Crippen molar-refractivity contribution in [3.63, 3.8) is 0 Å². The number of rotatable bonds is 4. The molecule has 2 aromatic heterocycles. The molecular weight excluding hydrogens is 346 g/mol. The molecule has 9 nitrogen and oxygen atoms in total. The van der Waals surface area contributed by atoms with E-state index in [1.54, 1.807) is 32.9 Å². The molecule has 0 spiro atoms. The van der Waals surface area contributed by atoms with Crippen molar-refractivity contribution < 1.29 is 18.3 Å². The van der Waals surface area contributed by atoms with Crippen LogP contribution < -0.4 is 4.72 Å². The third-order valence-corrected chi connectivity index (χ3v) is 4.98. The van der Waals surface area contributed by atoms with Gasteiger partial charge in [0.1, 0.15) is 0 Å². The molecule has 0 saturated heterocycles. The largest absolute Gasteiger partial charge is 0.478 e. The lowest BCUT2D eigenvalue weighted by atomic mass is 10.0. The minimum absolute atomic E-state index is 0.00367. The number of aryl methyl sites for hydroxylation is 2. The molecule has 25 heavy (non-hydrogen) atoms. The second kappa shape index (κ2) is 5.81. The van der Waals surface area contributed by atoms with Crippen molar-refractivity contribution in [2.75, 3.05) is 4.72 Å². The molecule has 2 heterocycles. The zero-order valence-corrected chi connectivity index (χ0v) is 14.5. The second-order valence-electron chi connectivity index (χ2n) is 5.53. The molecule has 0 bridgehead atoms. The molecule has 0 amide bonds. The molecule has 0 aliphatic rings. The zero-order valence-electron chi connectivity index (χ0n) is 13.7. The van der Waals surface area contributed by atoms with Crippen LogP contribution >= 0.6 is 0 Å². The summed E-state index contributed by atoms with van der Waals surface area (Å²) in [6, 6.07) is 4.64. The van der Waals surface area contributed by atoms with Crippen LogP contribution in [-0.4, -0.2) is 39.1 Å². The normalized spacial score (nSPS) is 11.6. The minimum Gasteiger partial charge on any atom is -0.478 e. The Bertz CT molecular complexity index is 1100. The number of fused-ring (bicyclic) bond motifs is 1. The molecule has 0 aliphatic carbocycles. The van der Waals surface area contributed by atoms with Crippen LogP contribution in [0.15, 0.2) is 29.6 Å². The van der Waals surface area contributed by atoms with Crippen LogP contribution in [0.25, 0.3) is 5.78 Å². The molecule has 0 radical (unpaired) electrons. The van der Waals surface area contributed by atoms with Crippen molar-refractivity contribution in [3.05, 3.63) is 46.8 Å². The number of hydrogen-bond donors (Lipinski definition) is 2. The Balaban J connectivity index is 2.12. The van der Waals surface area contributed by atoms with Crippen LogP contribution in [0, 0.1) is 20.8 Å². The van der Waals surface area contributed by atoms with Crippen molar-refractivity contribution >= 4 is 27.5 Å². The minimum atomic E-state index is -4.18. The summed E-state index contributed by atoms with van der Waals surface area (Å²) in [4.78, 5) is 19.3. The molecule has 1 aromatic carbocycles. The number of hydrogen-bond acceptors (Lipinski definition) is 6. The quantitative estimate of drug-likeness (QED) is 0.722. The van der Waals surface area contributed by atoms with Crippen LogP contribution in [0.1, 0.15) is 27.2 Å². The molecule has 3 rings (SSSR count). The fraction of sp³-hybridized carbons (Fsp3) is 0.200. The standard InChI is InChI=1S/C15H15N5O4S/c1-8-4-5-11(13(21)22)12(10(8)3)19-25(23,24)15-17-14-16-7-6-9(2)20(14)18-15/h4-7,19H,1-3H3,(H,21,22). The fourth-order valence-electron chi connectivity index (χ4n) is 2.31. The van der Waals surface area contributed by atoms with E-state index in [0.29, 0.717) is 11.3 Å². The van der Waals surface area contributed by atoms with Crippen molar-refractivity contribution in [1.29, 1.82) is 0 Å². The highest BCUT2D eigenvalue weighted by molar-refractivity contribution is 7.92. The number of benzene rings is 1. The van der Waals surface area contributed by atoms with E-state index in [0.717, 1.165) is 5.56 Å². The first kappa shape index (κ1) is 16.8. The van der Waals surface area contributed by atoms with Crippen molar-refractivity contribution in [3.8, 4) is 0 Å². The molecular formula is C15H15N5O4S. The first-order chi connectivity index (χ1) is 11.7. The van der Waals surface area contributed by atoms with Gasteiger partial charge in [0.2, 0.25) is 0 Å². The number of carboxylic acids is 1. The number of sulfonamides is 1. The number of anilines is 1. The van der Waals surface area contributed by atoms with E-state index in [2.05, 4.69) is 19.8 Å². The first-order valence-corrected chi connectivity index (χ1v) is 8.74. The van der Waals surface area contributed by atoms with E-state index < -0.39 is 21.1 Å². The van der Waals surface area contributed by atoms with E-state index in [4.69, 9.17) is 0 Å². The smallest absolute Gasteiger partial charge is 0.337 e. The molecule has 0 atom stereocenters. The first-order valence-electron chi connectivity index (χ1n) is 7.25. The van der Waals surface area contributed by atoms with Gasteiger partial charge in [-0.2, -0.15) is 13.4 Å². The van der Waals surface area contributed by atoms with Gasteiger partial charge >= 0.3 is 5.97 Å². The summed E-state index contributed by atoms with van der Waals surface area (Å²) in [5.74, 6) is -1.10. The summed E-state index contributed by atoms with van der Waals surface area (Å²) in [7, 11) is -4.18. The summed E-state index contributed by atoms with van der Waals surface area (Å²) in [6.07, 6.45) is 1.50. The average Bonchev–Trinajstić information content (AvgIpc) is 2.98. The van der Waals surface area contributed by atoms with Gasteiger partial charge in [-0.3, -0.25) is 4.72 Å². The van der Waals surface area contributed by atoms with Crippen LogP contribution in [0.5, 0.6) is 0 Å². The number of aromatic nitrogens is 4. The Morgan fingerprint density at radius 1 is 1.20 bits per heavy atom. The number of nitrogens with one attached hydrogen (secondary N) is 1. The third-order valence-electron chi connectivity index (χ3n) is 3.85. The summed E-state index contributed by atoms with van der Waals surface area (Å²) in [6.45, 7) is 5.14. The van der Waals surface area contributed by atoms with E-state index in [1.165, 1.54) is 16.8 Å². The molecule has 2 N–H and O–H groups in total. The molecule has 130 valence electrons. The number of aromatic carboxylic acids is 1. The Morgan fingerprint density at radius 2 is 1.92 bits per heavy atom. The van der Waals surface area contributed by atoms with Crippen LogP contribution in [-0.2, 0) is 10.0 Å². The van der Waals surface area contributed by atoms with Crippen molar-refractivity contribution in [2.24, 2.45) is 0 Å². The monoisotopic (exact) mass is 361 g/mol. The van der Waals surface area contributed by atoms with Crippen molar-refractivity contribution in [1.82, 2.24) is 19.6 Å². The molecule has 3 aromatic rings. The summed E-state index contributed by atoms with van der Waals surface area (Å²) >= 11 is 0. The van der Waals surface area contributed by atoms with Gasteiger partial charge in [0.15, 0.2) is 0 Å². The predicted molar refractivity (Wildman–Crippen MR) is 89.2 cm³/mol. The van der Waals surface area contributed by atoms with E-state index in [1.807, 2.05) is 0 Å². The lowest BCUT2D eigenvalue weighted by Gasteiger charge is -2.13. The number of nitrogens with zero attached hydrogens (tertiary/aromatic N) is 4. The van der Waals surface area contributed by atoms with Crippen LogP contribution in [0.2, 0.25) is 0 Å². The van der Waals surface area contributed by atoms with E-state index in [-0.39, 0.29) is 17.0 Å². The molecule has 0 aliphatic heterocycles. The molecule has 0 saturated carbocycles. The summed E-state index contributed by atoms with van der Waals surface area (Å²) in [5.41, 5.74) is 1.78. The van der Waals surface area contributed by atoms with E-state index >= 15 is 0 Å². The van der Waals surface area contributed by atoms with Gasteiger partial charge in [-0.05, 0) is 44.0 Å². The molecule has 0 fully saturated rings. The van der Waals surface area contributed by atoms with Gasteiger partial charge in [-0.25, -0.2) is 14.3 Å². The maximum Gasteiger partial charge on any atom is 0.337 e. The number of carboxylic acid groups (broad SMARTS) is 1. The Morgan fingerprint density at radius 3 is 2.56 bits per heavy atom. The van der Waals surface area contributed by atoms with E-state index in [9.17, 15) is 18.3 Å². The fourth-order valence-corrected chi connectivity index (χ4v) is 3.32. The van der Waals surface area contributed by atoms with Crippen LogP contribution in [0.4, 0.5) is 5.69 Å². The highest BCUT2D eigenvalue weighted by Crippen LogP contribution is 2.26. The highest BCUT2D eigenvalue weighted by atomic mass is 32.2. The third kappa shape index (κ3) is 2.91. The molecule has 10 heteroatoms. The predicted octanol–water partition coefficient (Wildman–Crippen LogP) is 1.55. The van der Waals surface area contributed by atoms with Gasteiger partial charge in [0.05, 0.1) is 11.3 Å². The van der Waals surface area contributed by atoms with Gasteiger partial charge < -0.3 is 5.11 Å². The van der Waals surface area contributed by atoms with Crippen molar-refractivity contribution in [2.45, 2.75) is 25.9 Å². The Hall–Kier alpha value is -3.01. The summed E-state index contributed by atoms with van der Waals surface area (Å²) in [5, 5.41) is 12.8. The maximum atomic E-state index is 12.7. The summed E-state index contributed by atoms with van der Waals surface area (Å²) < 4.78 is 28.9. The SMILES string of the molecule is Cc1ccc(C(=O)O)c(NS(=O)(=O)c2nc3nccc(C)n3n2)c1C. The topological polar surface area (TPSA) is 127 Å². The highest BCUT2D eigenvalue weighted by Gasteiger charge is 2.25. The zero-order chi connectivity index (χ0) is 18.4.